The fourth-order valence-corrected chi connectivity index (χ4v) is 3.80. The summed E-state index contributed by atoms with van der Waals surface area (Å²) in [6, 6.07) is 7.81. The molecule has 0 unspecified atom stereocenters. The average Bonchev–Trinajstić information content (AvgIpc) is 3.05. The molecule has 1 atom stereocenters. The number of ether oxygens (including phenoxy) is 2. The Labute approximate surface area is 172 Å². The first kappa shape index (κ1) is 21.1. The molecule has 156 valence electrons. The maximum Gasteiger partial charge on any atom is 0.410 e. The zero-order valence-electron chi connectivity index (χ0n) is 17.8. The van der Waals surface area contributed by atoms with Crippen molar-refractivity contribution in [3.8, 4) is 6.07 Å². The fourth-order valence-electron chi connectivity index (χ4n) is 3.80. The predicted octanol–water partition coefficient (Wildman–Crippen LogP) is 4.06. The molecule has 0 radical (unpaired) electrons. The fraction of sp³-hybridized carbons (Fsp3) is 0.591. The Hall–Kier alpha value is -2.59. The van der Waals surface area contributed by atoms with Gasteiger partial charge in [-0.1, -0.05) is 0 Å². The minimum absolute atomic E-state index is 0.136. The quantitative estimate of drug-likeness (QED) is 0.710. The van der Waals surface area contributed by atoms with E-state index in [4.69, 9.17) is 14.5 Å². The van der Waals surface area contributed by atoms with Crippen molar-refractivity contribution in [2.75, 3.05) is 26.8 Å². The summed E-state index contributed by atoms with van der Waals surface area (Å²) < 4.78 is 13.0. The van der Waals surface area contributed by atoms with Gasteiger partial charge in [0.15, 0.2) is 0 Å². The van der Waals surface area contributed by atoms with Gasteiger partial charge in [-0.15, -0.1) is 0 Å². The van der Waals surface area contributed by atoms with Crippen molar-refractivity contribution in [1.82, 2.24) is 14.5 Å². The number of carbonyl (C=O) groups is 1. The molecule has 0 saturated carbocycles. The van der Waals surface area contributed by atoms with Crippen molar-refractivity contribution in [3.05, 3.63) is 29.6 Å². The van der Waals surface area contributed by atoms with E-state index in [9.17, 15) is 10.1 Å². The van der Waals surface area contributed by atoms with E-state index in [1.807, 2.05) is 32.9 Å². The third-order valence-corrected chi connectivity index (χ3v) is 5.08. The summed E-state index contributed by atoms with van der Waals surface area (Å²) in [6.45, 7) is 8.36. The summed E-state index contributed by atoms with van der Waals surface area (Å²) in [5.74, 6) is 1.11. The van der Waals surface area contributed by atoms with E-state index in [0.29, 0.717) is 25.3 Å². The maximum absolute atomic E-state index is 12.6. The number of amides is 1. The van der Waals surface area contributed by atoms with Crippen molar-refractivity contribution in [2.45, 2.75) is 58.1 Å². The van der Waals surface area contributed by atoms with Gasteiger partial charge in [0.2, 0.25) is 0 Å². The van der Waals surface area contributed by atoms with Crippen LogP contribution in [0.3, 0.4) is 0 Å². The monoisotopic (exact) mass is 398 g/mol. The van der Waals surface area contributed by atoms with Gasteiger partial charge in [0, 0.05) is 39.3 Å². The number of likely N-dealkylation sites (tertiary alicyclic amines) is 1. The molecule has 0 bridgehead atoms. The second-order valence-electron chi connectivity index (χ2n) is 8.55. The van der Waals surface area contributed by atoms with Crippen LogP contribution in [0, 0.1) is 11.3 Å². The summed E-state index contributed by atoms with van der Waals surface area (Å²) in [7, 11) is 1.70. The Morgan fingerprint density at radius 2 is 2.17 bits per heavy atom. The molecule has 0 spiro atoms. The van der Waals surface area contributed by atoms with Crippen LogP contribution in [0.4, 0.5) is 4.79 Å². The third kappa shape index (κ3) is 5.07. The second-order valence-corrected chi connectivity index (χ2v) is 8.55. The lowest BCUT2D eigenvalue weighted by Gasteiger charge is -2.34. The SMILES string of the molecule is COCCCn1c([C@@H]2CCCN(C(=O)OC(C)(C)C)C2)nc2ccc(C#N)cc21. The van der Waals surface area contributed by atoms with Crippen LogP contribution >= 0.6 is 0 Å². The number of imidazole rings is 1. The van der Waals surface area contributed by atoms with E-state index in [-0.39, 0.29) is 12.0 Å². The Morgan fingerprint density at radius 3 is 2.86 bits per heavy atom. The molecule has 0 aliphatic carbocycles. The average molecular weight is 399 g/mol. The summed E-state index contributed by atoms with van der Waals surface area (Å²) in [5, 5.41) is 9.29. The van der Waals surface area contributed by atoms with Gasteiger partial charge in [-0.05, 0) is 58.2 Å². The number of carbonyl (C=O) groups excluding carboxylic acids is 1. The number of aromatic nitrogens is 2. The number of rotatable bonds is 5. The largest absolute Gasteiger partial charge is 0.444 e. The topological polar surface area (TPSA) is 80.4 Å². The van der Waals surface area contributed by atoms with E-state index in [1.165, 1.54) is 0 Å². The molecular weight excluding hydrogens is 368 g/mol. The summed E-state index contributed by atoms with van der Waals surface area (Å²) >= 11 is 0. The molecule has 0 N–H and O–H groups in total. The number of nitrogens with zero attached hydrogens (tertiary/aromatic N) is 4. The van der Waals surface area contributed by atoms with Crippen molar-refractivity contribution in [3.63, 3.8) is 0 Å². The van der Waals surface area contributed by atoms with Gasteiger partial charge in [0.25, 0.3) is 0 Å². The molecule has 1 aromatic carbocycles. The second kappa shape index (κ2) is 8.83. The standard InChI is InChI=1S/C22H30N4O3/c1-22(2,3)29-21(27)25-10-5-7-17(15-25)20-24-18-9-8-16(14-23)13-19(18)26(20)11-6-12-28-4/h8-9,13,17H,5-7,10-12,15H2,1-4H3/t17-/m1/s1. The minimum Gasteiger partial charge on any atom is -0.444 e. The molecule has 1 fully saturated rings. The molecule has 1 saturated heterocycles. The number of hydrogen-bond donors (Lipinski definition) is 0. The van der Waals surface area contributed by atoms with E-state index in [1.54, 1.807) is 18.1 Å². The van der Waals surface area contributed by atoms with Crippen LogP contribution in [0.1, 0.15) is 57.3 Å². The van der Waals surface area contributed by atoms with Crippen LogP contribution in [-0.2, 0) is 16.0 Å². The number of methoxy groups -OCH3 is 1. The Kier molecular flexibility index (Phi) is 6.43. The molecular formula is C22H30N4O3. The summed E-state index contributed by atoms with van der Waals surface area (Å²) in [5.41, 5.74) is 1.96. The van der Waals surface area contributed by atoms with Crippen LogP contribution in [0.25, 0.3) is 11.0 Å². The van der Waals surface area contributed by atoms with E-state index < -0.39 is 5.60 Å². The number of hydrogen-bond acceptors (Lipinski definition) is 5. The normalized spacial score (nSPS) is 17.3. The Bertz CT molecular complexity index is 907. The van der Waals surface area contributed by atoms with Gasteiger partial charge in [-0.3, -0.25) is 0 Å². The van der Waals surface area contributed by atoms with E-state index in [0.717, 1.165) is 42.7 Å². The summed E-state index contributed by atoms with van der Waals surface area (Å²) in [6.07, 6.45) is 2.47. The number of fused-ring (bicyclic) bond motifs is 1. The number of piperidine rings is 1. The zero-order chi connectivity index (χ0) is 21.0. The van der Waals surface area contributed by atoms with Crippen LogP contribution in [0.5, 0.6) is 0 Å². The molecule has 1 aliphatic rings. The van der Waals surface area contributed by atoms with Crippen LogP contribution in [0.15, 0.2) is 18.2 Å². The maximum atomic E-state index is 12.6. The highest BCUT2D eigenvalue weighted by atomic mass is 16.6. The van der Waals surface area contributed by atoms with Gasteiger partial charge < -0.3 is 18.9 Å². The lowest BCUT2D eigenvalue weighted by atomic mass is 9.97. The lowest BCUT2D eigenvalue weighted by Crippen LogP contribution is -2.42. The molecule has 29 heavy (non-hydrogen) atoms. The lowest BCUT2D eigenvalue weighted by molar-refractivity contribution is 0.0195. The molecule has 7 heteroatoms. The third-order valence-electron chi connectivity index (χ3n) is 5.08. The minimum atomic E-state index is -0.509. The van der Waals surface area contributed by atoms with Crippen molar-refractivity contribution >= 4 is 17.1 Å². The van der Waals surface area contributed by atoms with Gasteiger partial charge >= 0.3 is 6.09 Å². The number of aryl methyl sites for hydroxylation is 1. The van der Waals surface area contributed by atoms with E-state index >= 15 is 0 Å². The van der Waals surface area contributed by atoms with Gasteiger partial charge in [0.05, 0.1) is 22.7 Å². The Morgan fingerprint density at radius 1 is 1.38 bits per heavy atom. The summed E-state index contributed by atoms with van der Waals surface area (Å²) in [4.78, 5) is 19.2. The first-order valence-corrected chi connectivity index (χ1v) is 10.2. The zero-order valence-corrected chi connectivity index (χ0v) is 17.8. The smallest absolute Gasteiger partial charge is 0.410 e. The predicted molar refractivity (Wildman–Crippen MR) is 111 cm³/mol. The highest BCUT2D eigenvalue weighted by Crippen LogP contribution is 2.30. The van der Waals surface area contributed by atoms with E-state index in [2.05, 4.69) is 10.6 Å². The molecule has 7 nitrogen and oxygen atoms in total. The van der Waals surface area contributed by atoms with Crippen LogP contribution in [-0.4, -0.2) is 53.0 Å². The van der Waals surface area contributed by atoms with Crippen LogP contribution < -0.4 is 0 Å². The van der Waals surface area contributed by atoms with Gasteiger partial charge in [-0.25, -0.2) is 9.78 Å². The molecule has 1 amide bonds. The van der Waals surface area contributed by atoms with Crippen LogP contribution in [0.2, 0.25) is 0 Å². The van der Waals surface area contributed by atoms with Gasteiger partial charge in [-0.2, -0.15) is 5.26 Å². The molecule has 2 aromatic rings. The Balaban J connectivity index is 1.90. The van der Waals surface area contributed by atoms with Crippen molar-refractivity contribution in [2.24, 2.45) is 0 Å². The van der Waals surface area contributed by atoms with Crippen molar-refractivity contribution < 1.29 is 14.3 Å². The number of benzene rings is 1. The molecule has 1 aromatic heterocycles. The molecule has 2 heterocycles. The number of nitriles is 1. The molecule has 1 aliphatic heterocycles. The first-order valence-electron chi connectivity index (χ1n) is 10.2. The molecule has 3 rings (SSSR count). The van der Waals surface area contributed by atoms with Crippen molar-refractivity contribution in [1.29, 1.82) is 5.26 Å². The highest BCUT2D eigenvalue weighted by molar-refractivity contribution is 5.78. The first-order chi connectivity index (χ1) is 13.8. The van der Waals surface area contributed by atoms with Gasteiger partial charge in [0.1, 0.15) is 11.4 Å². The highest BCUT2D eigenvalue weighted by Gasteiger charge is 2.31.